The Hall–Kier alpha value is -2.08. The first kappa shape index (κ1) is 13.9. The molecule has 1 saturated heterocycles. The predicted octanol–water partition coefficient (Wildman–Crippen LogP) is 1.28. The Morgan fingerprint density at radius 3 is 3.05 bits per heavy atom. The van der Waals surface area contributed by atoms with Gasteiger partial charge in [-0.25, -0.2) is 4.79 Å². The van der Waals surface area contributed by atoms with Crippen LogP contribution >= 0.6 is 0 Å². The van der Waals surface area contributed by atoms with Crippen molar-refractivity contribution < 1.29 is 13.9 Å². The summed E-state index contributed by atoms with van der Waals surface area (Å²) in [5.41, 5.74) is 1.29. The monoisotopic (exact) mass is 290 g/mol. The van der Waals surface area contributed by atoms with Crippen LogP contribution in [-0.4, -0.2) is 29.2 Å². The van der Waals surface area contributed by atoms with Gasteiger partial charge in [-0.2, -0.15) is 0 Å². The number of oxazole rings is 1. The average Bonchev–Trinajstić information content (AvgIpc) is 3.08. The van der Waals surface area contributed by atoms with Crippen molar-refractivity contribution in [1.29, 1.82) is 0 Å². The lowest BCUT2D eigenvalue weighted by molar-refractivity contribution is -0.130. The summed E-state index contributed by atoms with van der Waals surface area (Å²) in [6.45, 7) is 2.87. The van der Waals surface area contributed by atoms with Crippen LogP contribution in [0.4, 0.5) is 0 Å². The van der Waals surface area contributed by atoms with Crippen molar-refractivity contribution in [3.05, 3.63) is 34.8 Å². The third-order valence-electron chi connectivity index (χ3n) is 3.64. The van der Waals surface area contributed by atoms with Crippen LogP contribution in [-0.2, 0) is 16.1 Å². The van der Waals surface area contributed by atoms with E-state index in [4.69, 9.17) is 9.15 Å². The van der Waals surface area contributed by atoms with Gasteiger partial charge >= 0.3 is 5.76 Å². The molecule has 0 spiro atoms. The number of benzene rings is 1. The maximum atomic E-state index is 12.0. The second-order valence-electron chi connectivity index (χ2n) is 5.36. The Morgan fingerprint density at radius 2 is 2.29 bits per heavy atom. The summed E-state index contributed by atoms with van der Waals surface area (Å²) in [7, 11) is 0. The molecule has 6 nitrogen and oxygen atoms in total. The summed E-state index contributed by atoms with van der Waals surface area (Å²) < 4.78 is 12.1. The molecule has 112 valence electrons. The van der Waals surface area contributed by atoms with E-state index >= 15 is 0 Å². The Labute approximate surface area is 121 Å². The lowest BCUT2D eigenvalue weighted by Gasteiger charge is -2.17. The Morgan fingerprint density at radius 1 is 1.48 bits per heavy atom. The molecule has 2 aromatic rings. The van der Waals surface area contributed by atoms with E-state index in [0.29, 0.717) is 18.7 Å². The second-order valence-corrected chi connectivity index (χ2v) is 5.36. The van der Waals surface area contributed by atoms with Gasteiger partial charge in [0.1, 0.15) is 6.10 Å². The molecular weight excluding hydrogens is 272 g/mol. The van der Waals surface area contributed by atoms with E-state index in [1.807, 2.05) is 25.1 Å². The number of amides is 1. The Kier molecular flexibility index (Phi) is 3.79. The molecule has 1 aromatic heterocycles. The first-order chi connectivity index (χ1) is 10.1. The lowest BCUT2D eigenvalue weighted by Crippen LogP contribution is -2.42. The highest BCUT2D eigenvalue weighted by Gasteiger charge is 2.24. The van der Waals surface area contributed by atoms with Crippen molar-refractivity contribution in [2.45, 2.75) is 38.5 Å². The molecule has 2 heterocycles. The van der Waals surface area contributed by atoms with Crippen LogP contribution in [0.2, 0.25) is 0 Å². The zero-order chi connectivity index (χ0) is 14.8. The van der Waals surface area contributed by atoms with Crippen LogP contribution in [0.5, 0.6) is 0 Å². The van der Waals surface area contributed by atoms with Gasteiger partial charge in [0, 0.05) is 19.2 Å². The van der Waals surface area contributed by atoms with Crippen LogP contribution in [0.1, 0.15) is 19.8 Å². The third kappa shape index (κ3) is 2.85. The molecule has 0 saturated carbocycles. The minimum atomic E-state index is -0.408. The standard InChI is InChI=1S/C15H18N2O4/c1-10(16-14(18)13-7-4-8-20-13)9-17-11-5-2-3-6-12(11)21-15(17)19/h2-3,5-6,10,13H,4,7-9H2,1H3,(H,16,18)/t10-,13?/m1/s1. The van der Waals surface area contributed by atoms with Crippen molar-refractivity contribution in [3.63, 3.8) is 0 Å². The van der Waals surface area contributed by atoms with Crippen molar-refractivity contribution in [2.75, 3.05) is 6.61 Å². The molecular formula is C15H18N2O4. The largest absolute Gasteiger partial charge is 0.420 e. The van der Waals surface area contributed by atoms with Gasteiger partial charge in [0.2, 0.25) is 5.91 Å². The molecule has 0 radical (unpaired) electrons. The van der Waals surface area contributed by atoms with E-state index in [0.717, 1.165) is 18.4 Å². The van der Waals surface area contributed by atoms with Gasteiger partial charge in [-0.1, -0.05) is 12.1 Å². The number of nitrogens with one attached hydrogen (secondary N) is 1. The van der Waals surface area contributed by atoms with Crippen molar-refractivity contribution in [2.24, 2.45) is 0 Å². The van der Waals surface area contributed by atoms with E-state index < -0.39 is 5.76 Å². The fourth-order valence-corrected chi connectivity index (χ4v) is 2.63. The maximum absolute atomic E-state index is 12.0. The van der Waals surface area contributed by atoms with Gasteiger partial charge in [0.25, 0.3) is 0 Å². The van der Waals surface area contributed by atoms with E-state index in [-0.39, 0.29) is 18.1 Å². The number of para-hydroxylation sites is 2. The second kappa shape index (κ2) is 5.73. The molecule has 1 amide bonds. The molecule has 1 N–H and O–H groups in total. The summed E-state index contributed by atoms with van der Waals surface area (Å²) in [4.78, 5) is 23.9. The molecule has 3 rings (SSSR count). The Bertz CT molecular complexity index is 697. The smallest absolute Gasteiger partial charge is 0.408 e. The number of hydrogen-bond donors (Lipinski definition) is 1. The van der Waals surface area contributed by atoms with E-state index in [1.165, 1.54) is 4.57 Å². The molecule has 0 bridgehead atoms. The van der Waals surface area contributed by atoms with Crippen LogP contribution in [0.25, 0.3) is 11.1 Å². The van der Waals surface area contributed by atoms with Gasteiger partial charge in [0.05, 0.1) is 5.52 Å². The van der Waals surface area contributed by atoms with Crippen LogP contribution in [0, 0.1) is 0 Å². The number of nitrogens with zero attached hydrogens (tertiary/aromatic N) is 1. The highest BCUT2D eigenvalue weighted by atomic mass is 16.5. The van der Waals surface area contributed by atoms with Crippen LogP contribution < -0.4 is 11.1 Å². The minimum Gasteiger partial charge on any atom is -0.408 e. The summed E-state index contributed by atoms with van der Waals surface area (Å²) in [5, 5.41) is 2.89. The molecule has 21 heavy (non-hydrogen) atoms. The molecule has 1 aliphatic rings. The molecule has 0 aliphatic carbocycles. The first-order valence-electron chi connectivity index (χ1n) is 7.15. The fraction of sp³-hybridized carbons (Fsp3) is 0.467. The van der Waals surface area contributed by atoms with Gasteiger partial charge in [0.15, 0.2) is 5.58 Å². The lowest BCUT2D eigenvalue weighted by atomic mass is 10.2. The van der Waals surface area contributed by atoms with E-state index in [9.17, 15) is 9.59 Å². The molecule has 1 aliphatic heterocycles. The molecule has 2 atom stereocenters. The SMILES string of the molecule is C[C@H](Cn1c(=O)oc2ccccc21)NC(=O)C1CCCO1. The minimum absolute atomic E-state index is 0.110. The van der Waals surface area contributed by atoms with E-state index in [2.05, 4.69) is 5.32 Å². The molecule has 1 aromatic carbocycles. The van der Waals surface area contributed by atoms with Gasteiger partial charge < -0.3 is 14.5 Å². The number of aromatic nitrogens is 1. The number of hydrogen-bond acceptors (Lipinski definition) is 4. The van der Waals surface area contributed by atoms with Crippen molar-refractivity contribution in [3.8, 4) is 0 Å². The molecule has 6 heteroatoms. The third-order valence-corrected chi connectivity index (χ3v) is 3.64. The predicted molar refractivity (Wildman–Crippen MR) is 77.1 cm³/mol. The zero-order valence-corrected chi connectivity index (χ0v) is 11.9. The van der Waals surface area contributed by atoms with Crippen molar-refractivity contribution >= 4 is 17.0 Å². The Balaban J connectivity index is 1.71. The highest BCUT2D eigenvalue weighted by molar-refractivity contribution is 5.81. The molecule has 1 unspecified atom stereocenters. The maximum Gasteiger partial charge on any atom is 0.420 e. The number of ether oxygens (including phenoxy) is 1. The quantitative estimate of drug-likeness (QED) is 0.920. The molecule has 1 fully saturated rings. The normalized spacial score (nSPS) is 19.8. The topological polar surface area (TPSA) is 73.5 Å². The number of carbonyl (C=O) groups is 1. The summed E-state index contributed by atoms with van der Waals surface area (Å²) in [5.74, 6) is -0.518. The average molecular weight is 290 g/mol. The summed E-state index contributed by atoms with van der Waals surface area (Å²) in [6, 6.07) is 7.07. The van der Waals surface area contributed by atoms with E-state index in [1.54, 1.807) is 6.07 Å². The number of rotatable bonds is 4. The number of fused-ring (bicyclic) bond motifs is 1. The zero-order valence-electron chi connectivity index (χ0n) is 11.9. The van der Waals surface area contributed by atoms with Gasteiger partial charge in [-0.15, -0.1) is 0 Å². The first-order valence-corrected chi connectivity index (χ1v) is 7.15. The number of carbonyl (C=O) groups excluding carboxylic acids is 1. The fourth-order valence-electron chi connectivity index (χ4n) is 2.63. The van der Waals surface area contributed by atoms with Crippen LogP contribution in [0.15, 0.2) is 33.5 Å². The van der Waals surface area contributed by atoms with Gasteiger partial charge in [-0.3, -0.25) is 9.36 Å². The summed E-state index contributed by atoms with van der Waals surface area (Å²) in [6.07, 6.45) is 1.32. The van der Waals surface area contributed by atoms with Gasteiger partial charge in [-0.05, 0) is 31.9 Å². The highest BCUT2D eigenvalue weighted by Crippen LogP contribution is 2.14. The summed E-state index contributed by atoms with van der Waals surface area (Å²) >= 11 is 0. The van der Waals surface area contributed by atoms with Crippen molar-refractivity contribution in [1.82, 2.24) is 9.88 Å². The van der Waals surface area contributed by atoms with Crippen LogP contribution in [0.3, 0.4) is 0 Å².